The Bertz CT molecular complexity index is 529. The van der Waals surface area contributed by atoms with Crippen molar-refractivity contribution in [2.24, 2.45) is 5.92 Å². The predicted octanol–water partition coefficient (Wildman–Crippen LogP) is 2.40. The highest BCUT2D eigenvalue weighted by molar-refractivity contribution is 5.91. The number of carbonyl (C=O) groups is 1. The van der Waals surface area contributed by atoms with E-state index in [0.717, 1.165) is 19.3 Å². The van der Waals surface area contributed by atoms with Gasteiger partial charge in [0.25, 0.3) is 5.91 Å². The van der Waals surface area contributed by atoms with Crippen LogP contribution in [0.25, 0.3) is 0 Å². The molecule has 24 heavy (non-hydrogen) atoms. The number of benzene rings is 1. The Morgan fingerprint density at radius 1 is 1.33 bits per heavy atom. The summed E-state index contributed by atoms with van der Waals surface area (Å²) in [7, 11) is 0. The van der Waals surface area contributed by atoms with Crippen molar-refractivity contribution in [2.75, 3.05) is 19.8 Å². The molecule has 1 heterocycles. The molecule has 0 radical (unpaired) electrons. The maximum atomic E-state index is 12.3. The zero-order valence-corrected chi connectivity index (χ0v) is 14.2. The second-order valence-corrected chi connectivity index (χ2v) is 6.08. The molecule has 1 aromatic carbocycles. The number of unbranched alkanes of at least 4 members (excludes halogenated alkanes) is 1. The Kier molecular flexibility index (Phi) is 7.79. The highest BCUT2D eigenvalue weighted by Gasteiger charge is 2.25. The molecule has 2 atom stereocenters. The Morgan fingerprint density at radius 2 is 2.12 bits per heavy atom. The summed E-state index contributed by atoms with van der Waals surface area (Å²) in [5.41, 5.74) is 1.19. The van der Waals surface area contributed by atoms with E-state index in [4.69, 9.17) is 14.6 Å². The lowest BCUT2D eigenvalue weighted by atomic mass is 10.0. The molecule has 5 nitrogen and oxygen atoms in total. The number of aliphatic hydroxyl groups is 1. The molecule has 0 saturated carbocycles. The van der Waals surface area contributed by atoms with Crippen LogP contribution in [0.5, 0.6) is 0 Å². The normalized spacial score (nSPS) is 20.2. The molecule has 5 heteroatoms. The third-order valence-corrected chi connectivity index (χ3v) is 3.88. The minimum absolute atomic E-state index is 0.167. The molecular formula is C19H27NO4. The van der Waals surface area contributed by atoms with Gasteiger partial charge < -0.3 is 19.9 Å². The van der Waals surface area contributed by atoms with Crippen LogP contribution in [0.1, 0.15) is 31.7 Å². The van der Waals surface area contributed by atoms with Gasteiger partial charge in [0.15, 0.2) is 5.76 Å². The van der Waals surface area contributed by atoms with Crippen molar-refractivity contribution < 1.29 is 19.4 Å². The van der Waals surface area contributed by atoms with Crippen molar-refractivity contribution in [1.29, 1.82) is 0 Å². The molecule has 0 saturated heterocycles. The maximum Gasteiger partial charge on any atom is 0.286 e. The smallest absolute Gasteiger partial charge is 0.286 e. The van der Waals surface area contributed by atoms with Crippen LogP contribution in [-0.2, 0) is 20.7 Å². The minimum atomic E-state index is -0.390. The Balaban J connectivity index is 1.75. The first-order valence-electron chi connectivity index (χ1n) is 8.62. The summed E-state index contributed by atoms with van der Waals surface area (Å²) < 4.78 is 11.3. The summed E-state index contributed by atoms with van der Waals surface area (Å²) in [4.78, 5) is 12.3. The van der Waals surface area contributed by atoms with Crippen molar-refractivity contribution in [3.05, 3.63) is 47.7 Å². The number of ether oxygens (including phenoxy) is 2. The minimum Gasteiger partial charge on any atom is -0.459 e. The summed E-state index contributed by atoms with van der Waals surface area (Å²) in [5.74, 6) is 0.381. The molecule has 0 spiro atoms. The number of aliphatic hydroxyl groups excluding tert-OH is 1. The molecule has 1 aromatic rings. The molecule has 0 bridgehead atoms. The summed E-state index contributed by atoms with van der Waals surface area (Å²) in [6.07, 6.45) is 4.48. The quantitative estimate of drug-likeness (QED) is 0.681. The number of hydrogen-bond donors (Lipinski definition) is 2. The molecule has 0 aromatic heterocycles. The Hall–Kier alpha value is -1.85. The van der Waals surface area contributed by atoms with Crippen molar-refractivity contribution in [1.82, 2.24) is 5.32 Å². The average molecular weight is 333 g/mol. The third-order valence-electron chi connectivity index (χ3n) is 3.88. The van der Waals surface area contributed by atoms with Crippen molar-refractivity contribution in [3.63, 3.8) is 0 Å². The molecule has 0 unspecified atom stereocenters. The van der Waals surface area contributed by atoms with Crippen LogP contribution in [0.4, 0.5) is 0 Å². The number of allylic oxidation sites excluding steroid dienone is 1. The maximum absolute atomic E-state index is 12.3. The monoisotopic (exact) mass is 333 g/mol. The topological polar surface area (TPSA) is 67.8 Å². The molecule has 1 amide bonds. The van der Waals surface area contributed by atoms with Gasteiger partial charge >= 0.3 is 0 Å². The van der Waals surface area contributed by atoms with Gasteiger partial charge in [-0.2, -0.15) is 0 Å². The van der Waals surface area contributed by atoms with Gasteiger partial charge in [-0.25, -0.2) is 0 Å². The van der Waals surface area contributed by atoms with Gasteiger partial charge in [0.1, 0.15) is 0 Å². The van der Waals surface area contributed by atoms with Gasteiger partial charge in [0.05, 0.1) is 6.61 Å². The second-order valence-electron chi connectivity index (χ2n) is 6.08. The SMILES string of the molecule is C[C@H]1C=C(C(=O)NCCc2ccccc2)O[C@@H](OCCCCO)C1. The van der Waals surface area contributed by atoms with Crippen LogP contribution in [0.3, 0.4) is 0 Å². The first kappa shape index (κ1) is 18.5. The molecule has 2 rings (SSSR count). The highest BCUT2D eigenvalue weighted by atomic mass is 16.7. The van der Waals surface area contributed by atoms with E-state index < -0.39 is 6.29 Å². The van der Waals surface area contributed by atoms with Gasteiger partial charge in [-0.1, -0.05) is 37.3 Å². The molecule has 0 aliphatic carbocycles. The van der Waals surface area contributed by atoms with E-state index in [1.165, 1.54) is 5.56 Å². The predicted molar refractivity (Wildman–Crippen MR) is 92.2 cm³/mol. The molecule has 2 N–H and O–H groups in total. The van der Waals surface area contributed by atoms with E-state index in [1.54, 1.807) is 0 Å². The molecule has 1 aliphatic heterocycles. The van der Waals surface area contributed by atoms with E-state index in [0.29, 0.717) is 25.3 Å². The number of hydrogen-bond acceptors (Lipinski definition) is 4. The Labute approximate surface area is 143 Å². The summed E-state index contributed by atoms with van der Waals surface area (Å²) in [6.45, 7) is 3.31. The number of nitrogens with one attached hydrogen (secondary N) is 1. The van der Waals surface area contributed by atoms with Gasteiger partial charge in [0, 0.05) is 19.6 Å². The fourth-order valence-electron chi connectivity index (χ4n) is 2.57. The number of rotatable bonds is 9. The van der Waals surface area contributed by atoms with Crippen LogP contribution in [0.2, 0.25) is 0 Å². The van der Waals surface area contributed by atoms with Gasteiger partial charge in [-0.05, 0) is 36.8 Å². The van der Waals surface area contributed by atoms with Crippen molar-refractivity contribution in [3.8, 4) is 0 Å². The zero-order chi connectivity index (χ0) is 17.2. The fraction of sp³-hybridized carbons (Fsp3) is 0.526. The fourth-order valence-corrected chi connectivity index (χ4v) is 2.57. The number of carbonyl (C=O) groups excluding carboxylic acids is 1. The van der Waals surface area contributed by atoms with Gasteiger partial charge in [0.2, 0.25) is 6.29 Å². The summed E-state index contributed by atoms with van der Waals surface area (Å²) in [5, 5.41) is 11.7. The van der Waals surface area contributed by atoms with Crippen LogP contribution >= 0.6 is 0 Å². The highest BCUT2D eigenvalue weighted by Crippen LogP contribution is 2.23. The third kappa shape index (κ3) is 6.34. The number of amides is 1. The van der Waals surface area contributed by atoms with E-state index >= 15 is 0 Å². The molecule has 132 valence electrons. The van der Waals surface area contributed by atoms with Crippen LogP contribution in [-0.4, -0.2) is 37.1 Å². The van der Waals surface area contributed by atoms with Gasteiger partial charge in [-0.3, -0.25) is 4.79 Å². The van der Waals surface area contributed by atoms with Gasteiger partial charge in [-0.15, -0.1) is 0 Å². The molecule has 0 fully saturated rings. The first-order chi connectivity index (χ1) is 11.7. The lowest BCUT2D eigenvalue weighted by molar-refractivity contribution is -0.148. The largest absolute Gasteiger partial charge is 0.459 e. The van der Waals surface area contributed by atoms with Crippen LogP contribution in [0, 0.1) is 5.92 Å². The summed E-state index contributed by atoms with van der Waals surface area (Å²) in [6, 6.07) is 10.0. The van der Waals surface area contributed by atoms with Crippen molar-refractivity contribution in [2.45, 2.75) is 38.9 Å². The average Bonchev–Trinajstić information content (AvgIpc) is 2.59. The zero-order valence-electron chi connectivity index (χ0n) is 14.2. The molecular weight excluding hydrogens is 306 g/mol. The first-order valence-corrected chi connectivity index (χ1v) is 8.62. The van der Waals surface area contributed by atoms with Crippen LogP contribution in [0.15, 0.2) is 42.2 Å². The standard InChI is InChI=1S/C19H27NO4/c1-15-13-17(24-18(14-15)23-12-6-5-11-21)19(22)20-10-9-16-7-3-2-4-8-16/h2-4,7-8,13,15,18,21H,5-6,9-12,14H2,1H3,(H,20,22)/t15-,18+/m0/s1. The van der Waals surface area contributed by atoms with E-state index in [-0.39, 0.29) is 18.4 Å². The van der Waals surface area contributed by atoms with E-state index in [1.807, 2.05) is 43.3 Å². The lowest BCUT2D eigenvalue weighted by Crippen LogP contribution is -2.33. The molecule has 1 aliphatic rings. The lowest BCUT2D eigenvalue weighted by Gasteiger charge is -2.27. The second kappa shape index (κ2) is 10.1. The summed E-state index contributed by atoms with van der Waals surface area (Å²) >= 11 is 0. The van der Waals surface area contributed by atoms with E-state index in [2.05, 4.69) is 5.32 Å². The van der Waals surface area contributed by atoms with Crippen molar-refractivity contribution >= 4 is 5.91 Å². The van der Waals surface area contributed by atoms with Crippen LogP contribution < -0.4 is 5.32 Å². The Morgan fingerprint density at radius 3 is 2.88 bits per heavy atom. The van der Waals surface area contributed by atoms with E-state index in [9.17, 15) is 4.79 Å².